The number of carbonyl (C=O) groups excluding carboxylic acids is 2. The number of hydrogen-bond donors (Lipinski definition) is 1. The number of ether oxygens (including phenoxy) is 1. The molecule has 2 heterocycles. The number of aromatic nitrogens is 3. The number of hydrogen-bond acceptors (Lipinski definition) is 5. The molecule has 1 unspecified atom stereocenters. The summed E-state index contributed by atoms with van der Waals surface area (Å²) in [6.07, 6.45) is 0.565. The average Bonchev–Trinajstić information content (AvgIpc) is 2.77. The number of cyclic esters (lactones) is 1. The first kappa shape index (κ1) is 16.5. The van der Waals surface area contributed by atoms with Crippen LogP contribution in [0.1, 0.15) is 64.1 Å². The third-order valence-electron chi connectivity index (χ3n) is 3.57. The highest BCUT2D eigenvalue weighted by Crippen LogP contribution is 2.31. The van der Waals surface area contributed by atoms with Gasteiger partial charge in [-0.05, 0) is 41.0 Å². The quantitative estimate of drug-likeness (QED) is 0.853. The molecule has 0 aromatic carbocycles. The highest BCUT2D eigenvalue weighted by Gasteiger charge is 2.48. The smallest absolute Gasteiger partial charge is 0.359 e. The van der Waals surface area contributed by atoms with Gasteiger partial charge >= 0.3 is 5.97 Å². The minimum Gasteiger partial charge on any atom is -0.445 e. The molecule has 1 aromatic heterocycles. The van der Waals surface area contributed by atoms with E-state index in [2.05, 4.69) is 15.6 Å². The molecule has 2 rings (SSSR count). The standard InChI is InChI=1S/C15H24N4O3/c1-7-8-9-10-13(21)22-11(12(20)16-14(2,3)4)15(5,6)19(10)18-17-9/h11H,7-8H2,1-6H3,(H,16,20). The molecular weight excluding hydrogens is 284 g/mol. The normalized spacial score (nSPS) is 20.3. The minimum absolute atomic E-state index is 0.330. The van der Waals surface area contributed by atoms with Crippen LogP contribution in [0.2, 0.25) is 0 Å². The van der Waals surface area contributed by atoms with Crippen LogP contribution in [-0.4, -0.2) is 38.5 Å². The molecule has 1 aliphatic heterocycles. The van der Waals surface area contributed by atoms with Crippen molar-refractivity contribution in [2.75, 3.05) is 0 Å². The van der Waals surface area contributed by atoms with Gasteiger partial charge in [0.15, 0.2) is 5.69 Å². The molecule has 0 radical (unpaired) electrons. The third-order valence-corrected chi connectivity index (χ3v) is 3.57. The maximum absolute atomic E-state index is 12.5. The highest BCUT2D eigenvalue weighted by atomic mass is 16.6. The van der Waals surface area contributed by atoms with Crippen LogP contribution in [0.5, 0.6) is 0 Å². The van der Waals surface area contributed by atoms with Gasteiger partial charge < -0.3 is 10.1 Å². The van der Waals surface area contributed by atoms with Crippen molar-refractivity contribution in [3.8, 4) is 0 Å². The molecule has 0 saturated carbocycles. The van der Waals surface area contributed by atoms with Crippen molar-refractivity contribution in [3.05, 3.63) is 11.4 Å². The molecule has 1 amide bonds. The SMILES string of the molecule is CCCc1nnn2c1C(=O)OC(C(=O)NC(C)(C)C)C2(C)C. The van der Waals surface area contributed by atoms with Crippen LogP contribution < -0.4 is 5.32 Å². The Morgan fingerprint density at radius 2 is 2.05 bits per heavy atom. The lowest BCUT2D eigenvalue weighted by molar-refractivity contribution is -0.139. The van der Waals surface area contributed by atoms with E-state index in [0.717, 1.165) is 6.42 Å². The Labute approximate surface area is 130 Å². The number of esters is 1. The summed E-state index contributed by atoms with van der Waals surface area (Å²) in [4.78, 5) is 24.8. The maximum Gasteiger partial charge on any atom is 0.359 e. The van der Waals surface area contributed by atoms with Gasteiger partial charge in [-0.25, -0.2) is 9.48 Å². The summed E-state index contributed by atoms with van der Waals surface area (Å²) >= 11 is 0. The second kappa shape index (κ2) is 5.37. The van der Waals surface area contributed by atoms with Gasteiger partial charge in [-0.1, -0.05) is 18.6 Å². The van der Waals surface area contributed by atoms with Gasteiger partial charge in [0.1, 0.15) is 5.54 Å². The molecule has 0 saturated heterocycles. The zero-order valence-corrected chi connectivity index (χ0v) is 14.1. The van der Waals surface area contributed by atoms with Crippen molar-refractivity contribution < 1.29 is 14.3 Å². The fourth-order valence-corrected chi connectivity index (χ4v) is 2.55. The zero-order valence-electron chi connectivity index (χ0n) is 14.1. The van der Waals surface area contributed by atoms with E-state index in [1.54, 1.807) is 0 Å². The van der Waals surface area contributed by atoms with Crippen molar-refractivity contribution in [3.63, 3.8) is 0 Å². The van der Waals surface area contributed by atoms with Crippen molar-refractivity contribution >= 4 is 11.9 Å². The Kier molecular flexibility index (Phi) is 4.02. The predicted molar refractivity (Wildman–Crippen MR) is 80.4 cm³/mol. The Hall–Kier alpha value is -1.92. The van der Waals surface area contributed by atoms with E-state index >= 15 is 0 Å². The largest absolute Gasteiger partial charge is 0.445 e. The van der Waals surface area contributed by atoms with Crippen LogP contribution in [0.3, 0.4) is 0 Å². The van der Waals surface area contributed by atoms with Gasteiger partial charge in [0.25, 0.3) is 5.91 Å². The molecule has 1 N–H and O–H groups in total. The number of nitrogens with zero attached hydrogens (tertiary/aromatic N) is 3. The first-order valence-electron chi connectivity index (χ1n) is 7.56. The summed E-state index contributed by atoms with van der Waals surface area (Å²) in [5.74, 6) is -0.870. The molecule has 1 aromatic rings. The predicted octanol–water partition coefficient (Wildman–Crippen LogP) is 1.42. The van der Waals surface area contributed by atoms with Crippen LogP contribution in [0, 0.1) is 0 Å². The Morgan fingerprint density at radius 1 is 1.41 bits per heavy atom. The van der Waals surface area contributed by atoms with E-state index < -0.39 is 23.2 Å². The van der Waals surface area contributed by atoms with Crippen LogP contribution in [0.15, 0.2) is 0 Å². The van der Waals surface area contributed by atoms with E-state index in [9.17, 15) is 9.59 Å². The monoisotopic (exact) mass is 308 g/mol. The van der Waals surface area contributed by atoms with Crippen LogP contribution in [0.25, 0.3) is 0 Å². The third kappa shape index (κ3) is 2.84. The molecule has 0 fully saturated rings. The van der Waals surface area contributed by atoms with Gasteiger partial charge in [-0.2, -0.15) is 0 Å². The van der Waals surface area contributed by atoms with E-state index in [0.29, 0.717) is 17.8 Å². The highest BCUT2D eigenvalue weighted by molar-refractivity contribution is 5.94. The van der Waals surface area contributed by atoms with Crippen LogP contribution in [0.4, 0.5) is 0 Å². The molecule has 1 aliphatic rings. The molecule has 0 bridgehead atoms. The second-order valence-corrected chi connectivity index (χ2v) is 7.22. The Morgan fingerprint density at radius 3 is 2.59 bits per heavy atom. The molecule has 0 aliphatic carbocycles. The van der Waals surface area contributed by atoms with Crippen molar-refractivity contribution in [1.29, 1.82) is 0 Å². The van der Waals surface area contributed by atoms with Gasteiger partial charge in [0, 0.05) is 5.54 Å². The first-order chi connectivity index (χ1) is 10.1. The van der Waals surface area contributed by atoms with Crippen LogP contribution >= 0.6 is 0 Å². The Balaban J connectivity index is 2.38. The number of amides is 1. The number of nitrogens with one attached hydrogen (secondary N) is 1. The average molecular weight is 308 g/mol. The topological polar surface area (TPSA) is 86.1 Å². The summed E-state index contributed by atoms with van der Waals surface area (Å²) in [7, 11) is 0. The maximum atomic E-state index is 12.5. The van der Waals surface area contributed by atoms with E-state index in [1.165, 1.54) is 4.68 Å². The summed E-state index contributed by atoms with van der Waals surface area (Å²) in [5.41, 5.74) is -0.227. The lowest BCUT2D eigenvalue weighted by atomic mass is 9.93. The van der Waals surface area contributed by atoms with Gasteiger partial charge in [0.2, 0.25) is 6.10 Å². The number of carbonyl (C=O) groups is 2. The molecule has 7 heteroatoms. The fraction of sp³-hybridized carbons (Fsp3) is 0.733. The minimum atomic E-state index is -0.942. The van der Waals surface area contributed by atoms with Crippen molar-refractivity contribution in [2.24, 2.45) is 0 Å². The van der Waals surface area contributed by atoms with Gasteiger partial charge in [-0.15, -0.1) is 5.10 Å². The van der Waals surface area contributed by atoms with Gasteiger partial charge in [0.05, 0.1) is 5.69 Å². The van der Waals surface area contributed by atoms with E-state index in [1.807, 2.05) is 41.5 Å². The van der Waals surface area contributed by atoms with Crippen LogP contribution in [-0.2, 0) is 21.5 Å². The fourth-order valence-electron chi connectivity index (χ4n) is 2.55. The number of aryl methyl sites for hydroxylation is 1. The lowest BCUT2D eigenvalue weighted by Gasteiger charge is -2.38. The molecule has 0 spiro atoms. The summed E-state index contributed by atoms with van der Waals surface area (Å²) < 4.78 is 6.95. The number of rotatable bonds is 3. The molecule has 122 valence electrons. The van der Waals surface area contributed by atoms with Crippen molar-refractivity contribution in [2.45, 2.75) is 71.6 Å². The van der Waals surface area contributed by atoms with Crippen molar-refractivity contribution in [1.82, 2.24) is 20.3 Å². The van der Waals surface area contributed by atoms with E-state index in [-0.39, 0.29) is 5.91 Å². The summed E-state index contributed by atoms with van der Waals surface area (Å²) in [6, 6.07) is 0. The summed E-state index contributed by atoms with van der Waals surface area (Å²) in [5, 5.41) is 11.0. The summed E-state index contributed by atoms with van der Waals surface area (Å²) in [6.45, 7) is 11.3. The molecule has 1 atom stereocenters. The van der Waals surface area contributed by atoms with Gasteiger partial charge in [-0.3, -0.25) is 4.79 Å². The molecular formula is C15H24N4O3. The van der Waals surface area contributed by atoms with E-state index in [4.69, 9.17) is 4.74 Å². The number of fused-ring (bicyclic) bond motifs is 1. The zero-order chi connectivity index (χ0) is 16.7. The Bertz CT molecular complexity index is 598. The lowest BCUT2D eigenvalue weighted by Crippen LogP contribution is -2.58. The molecule has 22 heavy (non-hydrogen) atoms. The first-order valence-corrected chi connectivity index (χ1v) is 7.56. The molecule has 7 nitrogen and oxygen atoms in total. The second-order valence-electron chi connectivity index (χ2n) is 7.22.